The van der Waals surface area contributed by atoms with Gasteiger partial charge in [-0.25, -0.2) is 0 Å². The standard InChI is InChI=1S/C8H12N2O/c1-3-6-10(7-5-9)8(11)4-2/h1,4H,2,5-7,9H2. The highest BCUT2D eigenvalue weighted by molar-refractivity contribution is 5.87. The zero-order valence-electron chi connectivity index (χ0n) is 6.42. The van der Waals surface area contributed by atoms with E-state index in [0.717, 1.165) is 0 Å². The van der Waals surface area contributed by atoms with Crippen molar-refractivity contribution in [3.05, 3.63) is 12.7 Å². The molecule has 0 aromatic heterocycles. The topological polar surface area (TPSA) is 46.3 Å². The van der Waals surface area contributed by atoms with Crippen LogP contribution in [0.15, 0.2) is 12.7 Å². The van der Waals surface area contributed by atoms with Crippen LogP contribution in [0.2, 0.25) is 0 Å². The summed E-state index contributed by atoms with van der Waals surface area (Å²) in [5.74, 6) is 2.20. The van der Waals surface area contributed by atoms with Crippen LogP contribution in [-0.4, -0.2) is 30.4 Å². The zero-order valence-corrected chi connectivity index (χ0v) is 6.42. The lowest BCUT2D eigenvalue weighted by Crippen LogP contribution is -2.34. The van der Waals surface area contributed by atoms with E-state index >= 15 is 0 Å². The molecule has 0 aliphatic heterocycles. The summed E-state index contributed by atoms with van der Waals surface area (Å²) in [7, 11) is 0. The molecule has 2 N–H and O–H groups in total. The van der Waals surface area contributed by atoms with Gasteiger partial charge in [0.25, 0.3) is 0 Å². The number of hydrogen-bond acceptors (Lipinski definition) is 2. The highest BCUT2D eigenvalue weighted by Crippen LogP contribution is 1.87. The van der Waals surface area contributed by atoms with Crippen LogP contribution in [0.3, 0.4) is 0 Å². The smallest absolute Gasteiger partial charge is 0.246 e. The number of nitrogens with two attached hydrogens (primary N) is 1. The largest absolute Gasteiger partial charge is 0.329 e. The second-order valence-corrected chi connectivity index (χ2v) is 1.96. The monoisotopic (exact) mass is 152 g/mol. The van der Waals surface area contributed by atoms with Crippen LogP contribution < -0.4 is 5.73 Å². The molecule has 60 valence electrons. The molecule has 0 saturated carbocycles. The molecule has 0 spiro atoms. The molecule has 11 heavy (non-hydrogen) atoms. The van der Waals surface area contributed by atoms with E-state index in [1.165, 1.54) is 11.0 Å². The van der Waals surface area contributed by atoms with E-state index in [0.29, 0.717) is 19.6 Å². The quantitative estimate of drug-likeness (QED) is 0.440. The molecule has 0 aromatic carbocycles. The van der Waals surface area contributed by atoms with Crippen molar-refractivity contribution in [3.8, 4) is 12.3 Å². The first-order chi connectivity index (χ1) is 5.26. The van der Waals surface area contributed by atoms with Crippen LogP contribution >= 0.6 is 0 Å². The lowest BCUT2D eigenvalue weighted by molar-refractivity contribution is -0.125. The first-order valence-corrected chi connectivity index (χ1v) is 3.31. The molecule has 3 heteroatoms. The number of rotatable bonds is 4. The van der Waals surface area contributed by atoms with Crippen LogP contribution in [0.1, 0.15) is 0 Å². The Morgan fingerprint density at radius 1 is 1.82 bits per heavy atom. The van der Waals surface area contributed by atoms with Gasteiger partial charge in [0.2, 0.25) is 5.91 Å². The molecule has 0 aliphatic rings. The summed E-state index contributed by atoms with van der Waals surface area (Å²) >= 11 is 0. The number of carbonyl (C=O) groups is 1. The average Bonchev–Trinajstić information content (AvgIpc) is 2.03. The molecule has 0 aliphatic carbocycles. The van der Waals surface area contributed by atoms with Crippen molar-refractivity contribution in [3.63, 3.8) is 0 Å². The van der Waals surface area contributed by atoms with Gasteiger partial charge in [-0.3, -0.25) is 4.79 Å². The van der Waals surface area contributed by atoms with Crippen molar-refractivity contribution in [2.75, 3.05) is 19.6 Å². The molecule has 0 heterocycles. The summed E-state index contributed by atoms with van der Waals surface area (Å²) < 4.78 is 0. The van der Waals surface area contributed by atoms with Crippen LogP contribution in [0.25, 0.3) is 0 Å². The maximum absolute atomic E-state index is 10.9. The van der Waals surface area contributed by atoms with Gasteiger partial charge >= 0.3 is 0 Å². The molecule has 3 nitrogen and oxygen atoms in total. The van der Waals surface area contributed by atoms with Crippen molar-refractivity contribution in [1.29, 1.82) is 0 Å². The molecule has 0 atom stereocenters. The van der Waals surface area contributed by atoms with Crippen molar-refractivity contribution >= 4 is 5.91 Å². The summed E-state index contributed by atoms with van der Waals surface area (Å²) in [6.07, 6.45) is 6.26. The third kappa shape index (κ3) is 3.43. The highest BCUT2D eigenvalue weighted by atomic mass is 16.2. The van der Waals surface area contributed by atoms with Crippen molar-refractivity contribution in [2.45, 2.75) is 0 Å². The lowest BCUT2D eigenvalue weighted by Gasteiger charge is -2.16. The molecule has 0 unspecified atom stereocenters. The number of hydrogen-bond donors (Lipinski definition) is 1. The fourth-order valence-electron chi connectivity index (χ4n) is 0.662. The van der Waals surface area contributed by atoms with Gasteiger partial charge in [-0.2, -0.15) is 0 Å². The summed E-state index contributed by atoms with van der Waals surface area (Å²) in [4.78, 5) is 12.4. The van der Waals surface area contributed by atoms with E-state index in [9.17, 15) is 4.79 Å². The van der Waals surface area contributed by atoms with Gasteiger partial charge < -0.3 is 10.6 Å². The summed E-state index contributed by atoms with van der Waals surface area (Å²) in [6, 6.07) is 0. The first kappa shape index (κ1) is 9.73. The molecular weight excluding hydrogens is 140 g/mol. The minimum Gasteiger partial charge on any atom is -0.329 e. The Morgan fingerprint density at radius 3 is 2.82 bits per heavy atom. The van der Waals surface area contributed by atoms with E-state index in [4.69, 9.17) is 12.2 Å². The van der Waals surface area contributed by atoms with Crippen LogP contribution in [0.4, 0.5) is 0 Å². The molecule has 0 bridgehead atoms. The number of nitrogens with zero attached hydrogens (tertiary/aromatic N) is 1. The van der Waals surface area contributed by atoms with Gasteiger partial charge in [-0.05, 0) is 6.08 Å². The first-order valence-electron chi connectivity index (χ1n) is 3.31. The predicted molar refractivity (Wildman–Crippen MR) is 44.7 cm³/mol. The van der Waals surface area contributed by atoms with Gasteiger partial charge in [0.15, 0.2) is 0 Å². The van der Waals surface area contributed by atoms with Gasteiger partial charge in [-0.1, -0.05) is 12.5 Å². The van der Waals surface area contributed by atoms with Gasteiger partial charge in [0.1, 0.15) is 0 Å². The minimum absolute atomic E-state index is 0.173. The predicted octanol–water partition coefficient (Wildman–Crippen LogP) is -0.407. The Balaban J connectivity index is 3.99. The van der Waals surface area contributed by atoms with Gasteiger partial charge in [0, 0.05) is 13.1 Å². The Bertz CT molecular complexity index is 181. The van der Waals surface area contributed by atoms with Crippen molar-refractivity contribution < 1.29 is 4.79 Å². The molecule has 0 rings (SSSR count). The number of carbonyl (C=O) groups excluding carboxylic acids is 1. The summed E-state index contributed by atoms with van der Waals surface area (Å²) in [5.41, 5.74) is 5.26. The number of terminal acetylenes is 1. The third-order valence-electron chi connectivity index (χ3n) is 1.17. The van der Waals surface area contributed by atoms with E-state index in [1.54, 1.807) is 0 Å². The van der Waals surface area contributed by atoms with Crippen LogP contribution in [0.5, 0.6) is 0 Å². The zero-order chi connectivity index (χ0) is 8.69. The second kappa shape index (κ2) is 5.51. The number of amides is 1. The van der Waals surface area contributed by atoms with Gasteiger partial charge in [-0.15, -0.1) is 6.42 Å². The third-order valence-corrected chi connectivity index (χ3v) is 1.17. The summed E-state index contributed by atoms with van der Waals surface area (Å²) in [6.45, 7) is 4.54. The van der Waals surface area contributed by atoms with Crippen molar-refractivity contribution in [1.82, 2.24) is 4.90 Å². The summed E-state index contributed by atoms with van der Waals surface area (Å²) in [5, 5.41) is 0. The Labute approximate surface area is 66.9 Å². The molecule has 0 radical (unpaired) electrons. The normalized spacial score (nSPS) is 8.36. The maximum atomic E-state index is 10.9. The average molecular weight is 152 g/mol. The van der Waals surface area contributed by atoms with Crippen LogP contribution in [-0.2, 0) is 4.79 Å². The molecular formula is C8H12N2O. The Kier molecular flexibility index (Phi) is 4.87. The minimum atomic E-state index is -0.173. The van der Waals surface area contributed by atoms with E-state index in [-0.39, 0.29) is 5.91 Å². The Morgan fingerprint density at radius 2 is 2.45 bits per heavy atom. The molecule has 0 aromatic rings. The Hall–Kier alpha value is -1.27. The molecule has 0 fully saturated rings. The van der Waals surface area contributed by atoms with Crippen molar-refractivity contribution in [2.24, 2.45) is 5.73 Å². The van der Waals surface area contributed by atoms with E-state index in [1.807, 2.05) is 0 Å². The van der Waals surface area contributed by atoms with Gasteiger partial charge in [0.05, 0.1) is 6.54 Å². The van der Waals surface area contributed by atoms with Crippen LogP contribution in [0, 0.1) is 12.3 Å². The SMILES string of the molecule is C#CCN(CCN)C(=O)C=C. The maximum Gasteiger partial charge on any atom is 0.246 e. The highest BCUT2D eigenvalue weighted by Gasteiger charge is 2.05. The fraction of sp³-hybridized carbons (Fsp3) is 0.375. The molecule has 0 saturated heterocycles. The second-order valence-electron chi connectivity index (χ2n) is 1.96. The van der Waals surface area contributed by atoms with E-state index < -0.39 is 0 Å². The van der Waals surface area contributed by atoms with E-state index in [2.05, 4.69) is 12.5 Å². The fourth-order valence-corrected chi connectivity index (χ4v) is 0.662. The lowest BCUT2D eigenvalue weighted by atomic mass is 10.4. The molecule has 1 amide bonds.